The number of aromatic carboxylic acids is 1. The van der Waals surface area contributed by atoms with Crippen LogP contribution < -0.4 is 0 Å². The molecule has 0 atom stereocenters. The van der Waals surface area contributed by atoms with Crippen LogP contribution in [-0.4, -0.2) is 23.3 Å². The van der Waals surface area contributed by atoms with Crippen LogP contribution in [0.2, 0.25) is 0 Å². The Hall–Kier alpha value is -2.89. The molecule has 0 radical (unpaired) electrons. The number of ether oxygens (including phenoxy) is 1. The maximum Gasteiger partial charge on any atom is 0.339 e. The Bertz CT molecular complexity index is 655. The van der Waals surface area contributed by atoms with Gasteiger partial charge in [-0.25, -0.2) is 9.59 Å². The number of carboxylic acids is 1. The summed E-state index contributed by atoms with van der Waals surface area (Å²) in [4.78, 5) is 33.2. The first-order valence-corrected chi connectivity index (χ1v) is 5.65. The molecule has 0 aliphatic rings. The van der Waals surface area contributed by atoms with E-state index in [4.69, 9.17) is 14.3 Å². The molecule has 1 heterocycles. The molecule has 0 fully saturated rings. The third-order valence-electron chi connectivity index (χ3n) is 2.52. The normalized spacial score (nSPS) is 10.0. The van der Waals surface area contributed by atoms with Crippen LogP contribution in [0.25, 0.3) is 0 Å². The minimum absolute atomic E-state index is 0.0397. The maximum atomic E-state index is 11.8. The lowest BCUT2D eigenvalue weighted by Crippen LogP contribution is -2.11. The zero-order valence-electron chi connectivity index (χ0n) is 10.2. The smallest absolute Gasteiger partial charge is 0.339 e. The Labute approximate surface area is 113 Å². The lowest BCUT2D eigenvalue weighted by Gasteiger charge is -2.05. The van der Waals surface area contributed by atoms with Crippen LogP contribution in [0.3, 0.4) is 0 Å². The Morgan fingerprint density at radius 1 is 1.15 bits per heavy atom. The van der Waals surface area contributed by atoms with Crippen LogP contribution in [0.1, 0.15) is 37.0 Å². The Morgan fingerprint density at radius 2 is 1.85 bits per heavy atom. The summed E-state index contributed by atoms with van der Waals surface area (Å²) in [5.74, 6) is -1.55. The average molecular weight is 274 g/mol. The van der Waals surface area contributed by atoms with Gasteiger partial charge >= 0.3 is 11.9 Å². The predicted octanol–water partition coefficient (Wildman–Crippen LogP) is 2.15. The largest absolute Gasteiger partial charge is 0.478 e. The monoisotopic (exact) mass is 274 g/mol. The van der Waals surface area contributed by atoms with Crippen molar-refractivity contribution in [3.63, 3.8) is 0 Å². The fourth-order valence-electron chi connectivity index (χ4n) is 1.60. The summed E-state index contributed by atoms with van der Waals surface area (Å²) in [7, 11) is 0. The molecule has 2 rings (SSSR count). The number of hydrogen-bond acceptors (Lipinski definition) is 5. The molecule has 6 heteroatoms. The molecular formula is C14H10O6. The molecule has 0 unspecified atom stereocenters. The predicted molar refractivity (Wildman–Crippen MR) is 66.6 cm³/mol. The van der Waals surface area contributed by atoms with E-state index >= 15 is 0 Å². The standard InChI is InChI=1S/C14H10O6/c15-7-9-5-6-10(20-9)8-19-14(18)12-4-2-1-3-11(12)13(16)17/h1-7H,8H2,(H,16,17). The van der Waals surface area contributed by atoms with Gasteiger partial charge in [-0.1, -0.05) is 12.1 Å². The molecule has 20 heavy (non-hydrogen) atoms. The topological polar surface area (TPSA) is 93.8 Å². The summed E-state index contributed by atoms with van der Waals surface area (Å²) in [6.45, 7) is -0.180. The third-order valence-corrected chi connectivity index (χ3v) is 2.52. The van der Waals surface area contributed by atoms with Gasteiger partial charge in [-0.15, -0.1) is 0 Å². The van der Waals surface area contributed by atoms with E-state index in [1.165, 1.54) is 30.3 Å². The van der Waals surface area contributed by atoms with E-state index in [1.54, 1.807) is 6.07 Å². The van der Waals surface area contributed by atoms with E-state index < -0.39 is 11.9 Å². The van der Waals surface area contributed by atoms with E-state index in [2.05, 4.69) is 0 Å². The van der Waals surface area contributed by atoms with Crippen molar-refractivity contribution in [2.75, 3.05) is 0 Å². The van der Waals surface area contributed by atoms with Crippen LogP contribution in [0.4, 0.5) is 0 Å². The lowest BCUT2D eigenvalue weighted by molar-refractivity contribution is 0.0436. The number of rotatable bonds is 5. The van der Waals surface area contributed by atoms with Gasteiger partial charge in [0.25, 0.3) is 0 Å². The van der Waals surface area contributed by atoms with E-state index in [9.17, 15) is 14.4 Å². The van der Waals surface area contributed by atoms with Gasteiger partial charge in [0.1, 0.15) is 12.4 Å². The molecular weight excluding hydrogens is 264 g/mol. The third kappa shape index (κ3) is 2.92. The van der Waals surface area contributed by atoms with Crippen molar-refractivity contribution in [2.24, 2.45) is 0 Å². The SMILES string of the molecule is O=Cc1ccc(COC(=O)c2ccccc2C(=O)O)o1. The molecule has 0 saturated carbocycles. The number of benzene rings is 1. The highest BCUT2D eigenvalue weighted by Crippen LogP contribution is 2.13. The van der Waals surface area contributed by atoms with Gasteiger partial charge in [0.2, 0.25) is 0 Å². The summed E-state index contributed by atoms with van der Waals surface area (Å²) in [6, 6.07) is 8.69. The number of esters is 1. The summed E-state index contributed by atoms with van der Waals surface area (Å²) >= 11 is 0. The zero-order valence-corrected chi connectivity index (χ0v) is 10.2. The molecule has 1 aromatic carbocycles. The maximum absolute atomic E-state index is 11.8. The molecule has 0 saturated heterocycles. The first-order chi connectivity index (χ1) is 9.61. The first-order valence-electron chi connectivity index (χ1n) is 5.65. The van der Waals surface area contributed by atoms with Gasteiger partial charge < -0.3 is 14.3 Å². The summed E-state index contributed by atoms with van der Waals surface area (Å²) in [5.41, 5.74) is -0.173. The summed E-state index contributed by atoms with van der Waals surface area (Å²) in [5, 5.41) is 8.97. The average Bonchev–Trinajstić information content (AvgIpc) is 2.92. The highest BCUT2D eigenvalue weighted by Gasteiger charge is 2.17. The van der Waals surface area contributed by atoms with Crippen LogP contribution in [-0.2, 0) is 11.3 Å². The number of furan rings is 1. The number of carbonyl (C=O) groups is 3. The molecule has 1 N–H and O–H groups in total. The van der Waals surface area contributed by atoms with Gasteiger partial charge in [0.05, 0.1) is 11.1 Å². The molecule has 0 aliphatic carbocycles. The fraction of sp³-hybridized carbons (Fsp3) is 0.0714. The molecule has 6 nitrogen and oxygen atoms in total. The van der Waals surface area contributed by atoms with Gasteiger partial charge in [-0.05, 0) is 24.3 Å². The number of aldehydes is 1. The van der Waals surface area contributed by atoms with Crippen molar-refractivity contribution in [2.45, 2.75) is 6.61 Å². The Morgan fingerprint density at radius 3 is 2.45 bits per heavy atom. The summed E-state index contributed by atoms with van der Waals surface area (Å²) in [6.07, 6.45) is 0.533. The molecule has 0 aliphatic heterocycles. The minimum atomic E-state index is -1.21. The molecule has 102 valence electrons. The van der Waals surface area contributed by atoms with Crippen molar-refractivity contribution in [1.82, 2.24) is 0 Å². The van der Waals surface area contributed by atoms with Crippen molar-refractivity contribution >= 4 is 18.2 Å². The van der Waals surface area contributed by atoms with Crippen molar-refractivity contribution < 1.29 is 28.6 Å². The highest BCUT2D eigenvalue weighted by molar-refractivity contribution is 6.02. The van der Waals surface area contributed by atoms with Crippen LogP contribution >= 0.6 is 0 Å². The van der Waals surface area contributed by atoms with E-state index in [-0.39, 0.29) is 23.5 Å². The second-order valence-corrected chi connectivity index (χ2v) is 3.85. The number of carboxylic acid groups (broad SMARTS) is 1. The summed E-state index contributed by atoms with van der Waals surface area (Å²) < 4.78 is 9.99. The Kier molecular flexibility index (Phi) is 3.95. The van der Waals surface area contributed by atoms with Gasteiger partial charge in [-0.3, -0.25) is 4.79 Å². The zero-order chi connectivity index (χ0) is 14.5. The van der Waals surface area contributed by atoms with Crippen LogP contribution in [0, 0.1) is 0 Å². The van der Waals surface area contributed by atoms with Gasteiger partial charge in [0, 0.05) is 0 Å². The molecule has 2 aromatic rings. The fourth-order valence-corrected chi connectivity index (χ4v) is 1.60. The quantitative estimate of drug-likeness (QED) is 0.663. The molecule has 0 spiro atoms. The van der Waals surface area contributed by atoms with E-state index in [1.807, 2.05) is 0 Å². The first kappa shape index (κ1) is 13.5. The molecule has 0 bridgehead atoms. The van der Waals surface area contributed by atoms with E-state index in [0.29, 0.717) is 12.0 Å². The van der Waals surface area contributed by atoms with Crippen LogP contribution in [0.15, 0.2) is 40.8 Å². The van der Waals surface area contributed by atoms with Gasteiger partial charge in [0.15, 0.2) is 12.0 Å². The molecule has 0 amide bonds. The van der Waals surface area contributed by atoms with E-state index in [0.717, 1.165) is 0 Å². The van der Waals surface area contributed by atoms with Crippen molar-refractivity contribution in [3.8, 4) is 0 Å². The van der Waals surface area contributed by atoms with Crippen LogP contribution in [0.5, 0.6) is 0 Å². The lowest BCUT2D eigenvalue weighted by atomic mass is 10.1. The number of hydrogen-bond donors (Lipinski definition) is 1. The van der Waals surface area contributed by atoms with Crippen molar-refractivity contribution in [1.29, 1.82) is 0 Å². The van der Waals surface area contributed by atoms with Gasteiger partial charge in [-0.2, -0.15) is 0 Å². The second-order valence-electron chi connectivity index (χ2n) is 3.85. The number of carbonyl (C=O) groups excluding carboxylic acids is 2. The second kappa shape index (κ2) is 5.83. The Balaban J connectivity index is 2.09. The minimum Gasteiger partial charge on any atom is -0.478 e. The molecule has 1 aromatic heterocycles. The van der Waals surface area contributed by atoms with Crippen molar-refractivity contribution in [3.05, 3.63) is 59.0 Å². The highest BCUT2D eigenvalue weighted by atomic mass is 16.5.